The molecule has 1 atom stereocenters. The van der Waals surface area contributed by atoms with Gasteiger partial charge in [0.15, 0.2) is 0 Å². The summed E-state index contributed by atoms with van der Waals surface area (Å²) >= 11 is 0. The van der Waals surface area contributed by atoms with Crippen LogP contribution in [0.4, 0.5) is 0 Å². The number of amides is 1. The molecule has 0 radical (unpaired) electrons. The van der Waals surface area contributed by atoms with Gasteiger partial charge >= 0.3 is 5.97 Å². The lowest BCUT2D eigenvalue weighted by Gasteiger charge is -2.15. The monoisotopic (exact) mass is 244 g/mol. The molecule has 0 saturated carbocycles. The normalized spacial score (nSPS) is 12.6. The number of carbonyl (C=O) groups is 2. The van der Waals surface area contributed by atoms with E-state index in [1.165, 1.54) is 0 Å². The van der Waals surface area contributed by atoms with Crippen molar-refractivity contribution in [3.8, 4) is 0 Å². The molecule has 0 saturated heterocycles. The molecule has 0 fully saturated rings. The molecule has 0 aliphatic rings. The van der Waals surface area contributed by atoms with Gasteiger partial charge in [-0.15, -0.1) is 0 Å². The molecule has 1 unspecified atom stereocenters. The number of nitrogens with one attached hydrogen (secondary N) is 2. The Balaban J connectivity index is 3.81. The predicted octanol–water partition coefficient (Wildman–Crippen LogP) is 0.688. The fourth-order valence-corrected chi connectivity index (χ4v) is 1.09. The molecule has 0 bridgehead atoms. The number of hydrogen-bond acceptors (Lipinski definition) is 4. The van der Waals surface area contributed by atoms with Gasteiger partial charge in [-0.1, -0.05) is 13.8 Å². The van der Waals surface area contributed by atoms with E-state index in [9.17, 15) is 9.59 Å². The maximum atomic E-state index is 11.6. The topological polar surface area (TPSA) is 67.4 Å². The van der Waals surface area contributed by atoms with E-state index in [0.29, 0.717) is 12.5 Å². The summed E-state index contributed by atoms with van der Waals surface area (Å²) in [7, 11) is 0. The Morgan fingerprint density at radius 2 is 1.71 bits per heavy atom. The molecule has 0 rings (SSSR count). The van der Waals surface area contributed by atoms with Crippen LogP contribution in [0.3, 0.4) is 0 Å². The van der Waals surface area contributed by atoms with Gasteiger partial charge in [0.25, 0.3) is 0 Å². The largest absolute Gasteiger partial charge is 0.462 e. The SMILES string of the molecule is CC(C)CNC(=O)C(C)NCC(=O)OC(C)C. The van der Waals surface area contributed by atoms with E-state index in [4.69, 9.17) is 4.74 Å². The minimum Gasteiger partial charge on any atom is -0.462 e. The Morgan fingerprint density at radius 3 is 2.18 bits per heavy atom. The van der Waals surface area contributed by atoms with Gasteiger partial charge in [-0.3, -0.25) is 14.9 Å². The lowest BCUT2D eigenvalue weighted by molar-refractivity contribution is -0.146. The van der Waals surface area contributed by atoms with E-state index >= 15 is 0 Å². The van der Waals surface area contributed by atoms with Crippen LogP contribution >= 0.6 is 0 Å². The molecule has 0 spiro atoms. The van der Waals surface area contributed by atoms with E-state index in [0.717, 1.165) is 0 Å². The van der Waals surface area contributed by atoms with Gasteiger partial charge < -0.3 is 10.1 Å². The van der Waals surface area contributed by atoms with Crippen molar-refractivity contribution in [1.82, 2.24) is 10.6 Å². The van der Waals surface area contributed by atoms with E-state index in [1.807, 2.05) is 13.8 Å². The van der Waals surface area contributed by atoms with E-state index in [-0.39, 0.29) is 24.5 Å². The van der Waals surface area contributed by atoms with Crippen LogP contribution in [-0.2, 0) is 14.3 Å². The summed E-state index contributed by atoms with van der Waals surface area (Å²) in [5, 5.41) is 5.62. The van der Waals surface area contributed by atoms with E-state index < -0.39 is 6.04 Å². The first kappa shape index (κ1) is 15.9. The zero-order valence-electron chi connectivity index (χ0n) is 11.4. The summed E-state index contributed by atoms with van der Waals surface area (Å²) in [6, 6.07) is -0.395. The molecule has 17 heavy (non-hydrogen) atoms. The summed E-state index contributed by atoms with van der Waals surface area (Å²) in [6.07, 6.45) is -0.130. The third-order valence-electron chi connectivity index (χ3n) is 2.00. The minimum atomic E-state index is -0.395. The predicted molar refractivity (Wildman–Crippen MR) is 66.5 cm³/mol. The molecule has 5 heteroatoms. The Morgan fingerprint density at radius 1 is 1.12 bits per heavy atom. The summed E-state index contributed by atoms with van der Waals surface area (Å²) in [5.74, 6) is -0.0309. The first-order valence-corrected chi connectivity index (χ1v) is 6.03. The van der Waals surface area contributed by atoms with Crippen molar-refractivity contribution in [2.45, 2.75) is 46.8 Å². The standard InChI is InChI=1S/C12H24N2O3/c1-8(2)6-14-12(16)10(5)13-7-11(15)17-9(3)4/h8-10,13H,6-7H2,1-5H3,(H,14,16). The van der Waals surface area contributed by atoms with E-state index in [2.05, 4.69) is 10.6 Å². The van der Waals surface area contributed by atoms with Crippen LogP contribution in [0.15, 0.2) is 0 Å². The number of carbonyl (C=O) groups excluding carboxylic acids is 2. The quantitative estimate of drug-likeness (QED) is 0.647. The van der Waals surface area contributed by atoms with Gasteiger partial charge in [-0.05, 0) is 26.7 Å². The van der Waals surface area contributed by atoms with Gasteiger partial charge in [0.2, 0.25) is 5.91 Å². The summed E-state index contributed by atoms with van der Waals surface area (Å²) in [6.45, 7) is 10.0. The number of ether oxygens (including phenoxy) is 1. The molecule has 0 aliphatic heterocycles. The first-order valence-electron chi connectivity index (χ1n) is 6.03. The summed E-state index contributed by atoms with van der Waals surface area (Å²) < 4.78 is 4.95. The van der Waals surface area contributed by atoms with Gasteiger partial charge in [-0.2, -0.15) is 0 Å². The minimum absolute atomic E-state index is 0.0500. The lowest BCUT2D eigenvalue weighted by atomic mass is 10.2. The summed E-state index contributed by atoms with van der Waals surface area (Å²) in [5.41, 5.74) is 0. The van der Waals surface area contributed by atoms with Crippen LogP contribution in [0, 0.1) is 5.92 Å². The highest BCUT2D eigenvalue weighted by molar-refractivity contribution is 5.82. The summed E-state index contributed by atoms with van der Waals surface area (Å²) in [4.78, 5) is 22.8. The first-order chi connectivity index (χ1) is 7.82. The van der Waals surface area contributed by atoms with Gasteiger partial charge in [-0.25, -0.2) is 0 Å². The molecule has 0 aliphatic carbocycles. The Hall–Kier alpha value is -1.10. The van der Waals surface area contributed by atoms with Crippen LogP contribution in [0.2, 0.25) is 0 Å². The number of esters is 1. The van der Waals surface area contributed by atoms with Gasteiger partial charge in [0.05, 0.1) is 18.7 Å². The van der Waals surface area contributed by atoms with Crippen molar-refractivity contribution in [3.63, 3.8) is 0 Å². The Kier molecular flexibility index (Phi) is 7.54. The van der Waals surface area contributed by atoms with Gasteiger partial charge in [0.1, 0.15) is 0 Å². The van der Waals surface area contributed by atoms with Crippen molar-refractivity contribution < 1.29 is 14.3 Å². The number of hydrogen-bond donors (Lipinski definition) is 2. The highest BCUT2D eigenvalue weighted by Crippen LogP contribution is 1.91. The second-order valence-corrected chi connectivity index (χ2v) is 4.78. The molecule has 1 amide bonds. The molecule has 0 aromatic carbocycles. The second-order valence-electron chi connectivity index (χ2n) is 4.78. The van der Waals surface area contributed by atoms with Crippen molar-refractivity contribution >= 4 is 11.9 Å². The molecule has 2 N–H and O–H groups in total. The Bertz CT molecular complexity index is 252. The van der Waals surface area contributed by atoms with Crippen molar-refractivity contribution in [3.05, 3.63) is 0 Å². The van der Waals surface area contributed by atoms with Crippen molar-refractivity contribution in [2.24, 2.45) is 5.92 Å². The van der Waals surface area contributed by atoms with Crippen LogP contribution < -0.4 is 10.6 Å². The molecule has 0 aromatic heterocycles. The molecule has 100 valence electrons. The highest BCUT2D eigenvalue weighted by atomic mass is 16.5. The molecule has 5 nitrogen and oxygen atoms in total. The van der Waals surface area contributed by atoms with Crippen LogP contribution in [-0.4, -0.2) is 37.1 Å². The molecular formula is C12H24N2O3. The van der Waals surface area contributed by atoms with Gasteiger partial charge in [0, 0.05) is 6.54 Å². The zero-order chi connectivity index (χ0) is 13.4. The van der Waals surface area contributed by atoms with Crippen molar-refractivity contribution in [1.29, 1.82) is 0 Å². The lowest BCUT2D eigenvalue weighted by Crippen LogP contribution is -2.45. The third-order valence-corrected chi connectivity index (χ3v) is 2.00. The average molecular weight is 244 g/mol. The second kappa shape index (κ2) is 8.06. The fourth-order valence-electron chi connectivity index (χ4n) is 1.09. The van der Waals surface area contributed by atoms with Crippen LogP contribution in [0.5, 0.6) is 0 Å². The van der Waals surface area contributed by atoms with E-state index in [1.54, 1.807) is 20.8 Å². The highest BCUT2D eigenvalue weighted by Gasteiger charge is 2.14. The number of rotatable bonds is 7. The van der Waals surface area contributed by atoms with Crippen LogP contribution in [0.1, 0.15) is 34.6 Å². The maximum absolute atomic E-state index is 11.6. The maximum Gasteiger partial charge on any atom is 0.320 e. The zero-order valence-corrected chi connectivity index (χ0v) is 11.4. The third kappa shape index (κ3) is 8.68. The van der Waals surface area contributed by atoms with Crippen LogP contribution in [0.25, 0.3) is 0 Å². The average Bonchev–Trinajstić information content (AvgIpc) is 2.21. The molecule has 0 aromatic rings. The molecule has 0 heterocycles. The Labute approximate surface area is 103 Å². The molecular weight excluding hydrogens is 220 g/mol. The smallest absolute Gasteiger partial charge is 0.320 e. The van der Waals surface area contributed by atoms with Crippen molar-refractivity contribution in [2.75, 3.05) is 13.1 Å². The fraction of sp³-hybridized carbons (Fsp3) is 0.833.